The van der Waals surface area contributed by atoms with Crippen LogP contribution < -0.4 is 5.32 Å². The van der Waals surface area contributed by atoms with Crippen molar-refractivity contribution in [1.29, 1.82) is 0 Å². The molecule has 136 valence electrons. The van der Waals surface area contributed by atoms with Crippen LogP contribution in [0, 0.1) is 0 Å². The van der Waals surface area contributed by atoms with Crippen LogP contribution in [0.2, 0.25) is 0 Å². The van der Waals surface area contributed by atoms with Gasteiger partial charge in [0.1, 0.15) is 5.69 Å². The Morgan fingerprint density at radius 3 is 2.69 bits per heavy atom. The van der Waals surface area contributed by atoms with Crippen LogP contribution in [0.1, 0.15) is 25.3 Å². The zero-order valence-corrected chi connectivity index (χ0v) is 15.3. The molecule has 0 amide bonds. The van der Waals surface area contributed by atoms with E-state index in [1.807, 2.05) is 43.3 Å². The number of anilines is 1. The summed E-state index contributed by atoms with van der Waals surface area (Å²) in [4.78, 5) is 26.1. The van der Waals surface area contributed by atoms with Crippen LogP contribution in [0.15, 0.2) is 48.8 Å². The maximum absolute atomic E-state index is 11.7. The summed E-state index contributed by atoms with van der Waals surface area (Å²) in [6.45, 7) is 2.79. The first-order valence-electron chi connectivity index (χ1n) is 8.46. The lowest BCUT2D eigenvalue weighted by Crippen LogP contribution is -2.05. The van der Waals surface area contributed by atoms with Gasteiger partial charge >= 0.3 is 5.97 Å². The van der Waals surface area contributed by atoms with Gasteiger partial charge in [0.25, 0.3) is 0 Å². The predicted octanol–water partition coefficient (Wildman–Crippen LogP) is 3.95. The van der Waals surface area contributed by atoms with E-state index in [1.54, 1.807) is 12.4 Å². The molecule has 0 aliphatic heterocycles. The third-order valence-electron chi connectivity index (χ3n) is 3.61. The van der Waals surface area contributed by atoms with Gasteiger partial charge in [0.15, 0.2) is 5.13 Å². The van der Waals surface area contributed by atoms with Gasteiger partial charge < -0.3 is 10.1 Å². The first-order valence-corrected chi connectivity index (χ1v) is 9.28. The van der Waals surface area contributed by atoms with E-state index in [-0.39, 0.29) is 7.40 Å². The maximum atomic E-state index is 11.7. The van der Waals surface area contributed by atoms with Crippen molar-refractivity contribution in [3.05, 3.63) is 59.4 Å². The van der Waals surface area contributed by atoms with E-state index >= 15 is 0 Å². The van der Waals surface area contributed by atoms with Crippen molar-refractivity contribution in [1.82, 2.24) is 15.0 Å². The lowest BCUT2D eigenvalue weighted by Gasteiger charge is -2.02. The van der Waals surface area contributed by atoms with Crippen molar-refractivity contribution >= 4 is 22.4 Å². The van der Waals surface area contributed by atoms with Crippen molar-refractivity contribution in [3.63, 3.8) is 0 Å². The minimum atomic E-state index is -0.198. The Balaban J connectivity index is 0.00000261. The molecule has 3 aromatic rings. The fraction of sp³-hybridized carbons (Fsp3) is 0.263. The molecule has 0 atom stereocenters. The number of carbonyl (C=O) groups excluding carboxylic acids is 1. The largest absolute Gasteiger partial charge is 0.466 e. The Morgan fingerprint density at radius 2 is 2.00 bits per heavy atom. The number of pyridine rings is 2. The number of carbonyl (C=O) groups is 1. The van der Waals surface area contributed by atoms with Gasteiger partial charge in [-0.3, -0.25) is 14.8 Å². The fourth-order valence-electron chi connectivity index (χ4n) is 2.42. The standard InChI is InChI=1S/C19H20N4O2S.H2/c1-2-25-17(24)10-9-16-18(15-8-4-6-12-21-15)23-19(26-16)22-13-14-7-3-5-11-20-14;/h3-8,11-12H,2,9-10,13H2,1H3,(H,22,23);1H. The molecule has 0 fully saturated rings. The van der Waals surface area contributed by atoms with Crippen LogP contribution in [0.3, 0.4) is 0 Å². The number of ether oxygens (including phenoxy) is 1. The second-order valence-corrected chi connectivity index (χ2v) is 6.57. The molecule has 0 saturated heterocycles. The zero-order chi connectivity index (χ0) is 18.2. The molecule has 26 heavy (non-hydrogen) atoms. The number of nitrogens with one attached hydrogen (secondary N) is 1. The highest BCUT2D eigenvalue weighted by molar-refractivity contribution is 7.16. The Morgan fingerprint density at radius 1 is 1.19 bits per heavy atom. The van der Waals surface area contributed by atoms with E-state index in [0.717, 1.165) is 27.1 Å². The number of esters is 1. The summed E-state index contributed by atoms with van der Waals surface area (Å²) in [5.41, 5.74) is 2.55. The number of hydrogen-bond acceptors (Lipinski definition) is 7. The normalized spacial score (nSPS) is 10.5. The molecular weight excluding hydrogens is 348 g/mol. The SMILES string of the molecule is CCOC(=O)CCc1sc(NCc2ccccn2)nc1-c1ccccn1.[HH]. The van der Waals surface area contributed by atoms with Gasteiger partial charge in [0.2, 0.25) is 0 Å². The lowest BCUT2D eigenvalue weighted by atomic mass is 10.2. The molecule has 6 nitrogen and oxygen atoms in total. The van der Waals surface area contributed by atoms with Crippen LogP contribution in [0.25, 0.3) is 11.4 Å². The number of hydrogen-bond donors (Lipinski definition) is 1. The molecule has 0 spiro atoms. The van der Waals surface area contributed by atoms with Crippen molar-refractivity contribution in [3.8, 4) is 11.4 Å². The lowest BCUT2D eigenvalue weighted by molar-refractivity contribution is -0.143. The molecule has 0 aliphatic carbocycles. The highest BCUT2D eigenvalue weighted by Gasteiger charge is 2.15. The highest BCUT2D eigenvalue weighted by Crippen LogP contribution is 2.31. The minimum absolute atomic E-state index is 0. The molecule has 0 unspecified atom stereocenters. The second kappa shape index (κ2) is 9.05. The van der Waals surface area contributed by atoms with E-state index in [4.69, 9.17) is 4.74 Å². The highest BCUT2D eigenvalue weighted by atomic mass is 32.1. The first-order chi connectivity index (χ1) is 12.8. The summed E-state index contributed by atoms with van der Waals surface area (Å²) in [6, 6.07) is 11.5. The van der Waals surface area contributed by atoms with Gasteiger partial charge in [-0.1, -0.05) is 12.1 Å². The predicted molar refractivity (Wildman–Crippen MR) is 104 cm³/mol. The van der Waals surface area contributed by atoms with Gasteiger partial charge in [0.05, 0.1) is 31.0 Å². The molecular formula is C19H22N4O2S. The fourth-order valence-corrected chi connectivity index (χ4v) is 3.38. The van der Waals surface area contributed by atoms with E-state index in [9.17, 15) is 4.79 Å². The molecule has 0 aromatic carbocycles. The van der Waals surface area contributed by atoms with Crippen molar-refractivity contribution in [2.24, 2.45) is 0 Å². The first kappa shape index (κ1) is 18.0. The Labute approximate surface area is 157 Å². The Kier molecular flexibility index (Phi) is 6.27. The van der Waals surface area contributed by atoms with Gasteiger partial charge in [-0.15, -0.1) is 11.3 Å². The summed E-state index contributed by atoms with van der Waals surface area (Å²) in [5.74, 6) is -0.198. The van der Waals surface area contributed by atoms with Gasteiger partial charge in [-0.05, 0) is 37.6 Å². The van der Waals surface area contributed by atoms with Crippen molar-refractivity contribution in [2.75, 3.05) is 11.9 Å². The number of thiazole rings is 1. The number of aromatic nitrogens is 3. The van der Waals surface area contributed by atoms with Crippen LogP contribution in [-0.4, -0.2) is 27.5 Å². The second-order valence-electron chi connectivity index (χ2n) is 5.49. The summed E-state index contributed by atoms with van der Waals surface area (Å²) in [5, 5.41) is 4.09. The van der Waals surface area contributed by atoms with Gasteiger partial charge in [0, 0.05) is 18.7 Å². The average molecular weight is 370 g/mol. The number of rotatable bonds is 8. The summed E-state index contributed by atoms with van der Waals surface area (Å²) < 4.78 is 5.03. The summed E-state index contributed by atoms with van der Waals surface area (Å²) in [7, 11) is 0. The summed E-state index contributed by atoms with van der Waals surface area (Å²) in [6.07, 6.45) is 4.41. The van der Waals surface area contributed by atoms with E-state index in [0.29, 0.717) is 26.0 Å². The van der Waals surface area contributed by atoms with Gasteiger partial charge in [-0.25, -0.2) is 4.98 Å². The molecule has 0 aliphatic rings. The zero-order valence-electron chi connectivity index (χ0n) is 14.5. The van der Waals surface area contributed by atoms with Crippen LogP contribution >= 0.6 is 11.3 Å². The monoisotopic (exact) mass is 370 g/mol. The topological polar surface area (TPSA) is 77.0 Å². The van der Waals surface area contributed by atoms with Crippen molar-refractivity contribution in [2.45, 2.75) is 26.3 Å². The Hall–Kier alpha value is -2.80. The molecule has 3 heterocycles. The quantitative estimate of drug-likeness (QED) is 0.605. The van der Waals surface area contributed by atoms with E-state index < -0.39 is 0 Å². The summed E-state index contributed by atoms with van der Waals surface area (Å²) >= 11 is 1.54. The molecule has 0 radical (unpaired) electrons. The number of nitrogens with zero attached hydrogens (tertiary/aromatic N) is 3. The van der Waals surface area contributed by atoms with Gasteiger partial charge in [-0.2, -0.15) is 0 Å². The minimum Gasteiger partial charge on any atom is -0.466 e. The van der Waals surface area contributed by atoms with Crippen LogP contribution in [0.4, 0.5) is 5.13 Å². The maximum Gasteiger partial charge on any atom is 0.306 e. The molecule has 0 bridgehead atoms. The Bertz CT molecular complexity index is 843. The smallest absolute Gasteiger partial charge is 0.306 e. The van der Waals surface area contributed by atoms with E-state index in [2.05, 4.69) is 20.3 Å². The number of aryl methyl sites for hydroxylation is 1. The third kappa shape index (κ3) is 4.86. The van der Waals surface area contributed by atoms with E-state index in [1.165, 1.54) is 11.3 Å². The molecule has 1 N–H and O–H groups in total. The molecule has 7 heteroatoms. The third-order valence-corrected chi connectivity index (χ3v) is 4.69. The van der Waals surface area contributed by atoms with Crippen LogP contribution in [-0.2, 0) is 22.5 Å². The molecule has 3 aromatic heterocycles. The van der Waals surface area contributed by atoms with Crippen molar-refractivity contribution < 1.29 is 11.0 Å². The average Bonchev–Trinajstić information content (AvgIpc) is 3.10. The molecule has 0 saturated carbocycles. The van der Waals surface area contributed by atoms with Crippen LogP contribution in [0.5, 0.6) is 0 Å². The molecule has 3 rings (SSSR count).